The van der Waals surface area contributed by atoms with Crippen molar-refractivity contribution in [2.24, 2.45) is 0 Å². The number of benzene rings is 1. The van der Waals surface area contributed by atoms with Gasteiger partial charge in [0.25, 0.3) is 0 Å². The number of methoxy groups -OCH3 is 2. The molecule has 7 nitrogen and oxygen atoms in total. The molecule has 0 amide bonds. The van der Waals surface area contributed by atoms with E-state index in [1.807, 2.05) is 0 Å². The summed E-state index contributed by atoms with van der Waals surface area (Å²) in [5.74, 6) is 0.0231. The lowest BCUT2D eigenvalue weighted by molar-refractivity contribution is 0.0693. The van der Waals surface area contributed by atoms with Crippen LogP contribution < -0.4 is 9.47 Å². The Balaban J connectivity index is 1.91. The van der Waals surface area contributed by atoms with Crippen LogP contribution in [0.3, 0.4) is 0 Å². The molecule has 0 saturated carbocycles. The van der Waals surface area contributed by atoms with E-state index in [2.05, 4.69) is 22.0 Å². The number of ether oxygens (including phenoxy) is 2. The molecule has 3 rings (SSSR count). The summed E-state index contributed by atoms with van der Waals surface area (Å²) in [4.78, 5) is 13.9. The number of H-pyrrole nitrogens is 1. The number of aryl methyl sites for hydroxylation is 1. The Kier molecular flexibility index (Phi) is 4.94. The van der Waals surface area contributed by atoms with Gasteiger partial charge in [-0.2, -0.15) is 5.10 Å². The number of nitrogens with zero attached hydrogens (tertiary/aromatic N) is 2. The van der Waals surface area contributed by atoms with E-state index in [0.29, 0.717) is 23.6 Å². The molecule has 1 aliphatic rings. The number of hydrogen-bond acceptors (Lipinski definition) is 5. The monoisotopic (exact) mass is 345 g/mol. The fraction of sp³-hybridized carbons (Fsp3) is 0.444. The first-order valence-electron chi connectivity index (χ1n) is 8.32. The maximum absolute atomic E-state index is 11.7. The van der Waals surface area contributed by atoms with Crippen molar-refractivity contribution in [3.63, 3.8) is 0 Å². The molecule has 2 aromatic rings. The fourth-order valence-electron chi connectivity index (χ4n) is 3.34. The lowest BCUT2D eigenvalue weighted by atomic mass is 10.0. The third-order valence-corrected chi connectivity index (χ3v) is 4.68. The summed E-state index contributed by atoms with van der Waals surface area (Å²) in [6, 6.07) is 3.28. The fourth-order valence-corrected chi connectivity index (χ4v) is 3.34. The van der Waals surface area contributed by atoms with Crippen LogP contribution in [-0.2, 0) is 25.9 Å². The number of aromatic amines is 1. The molecule has 1 aliphatic heterocycles. The van der Waals surface area contributed by atoms with Gasteiger partial charge in [0.2, 0.25) is 0 Å². The Hall–Kier alpha value is -2.54. The van der Waals surface area contributed by atoms with E-state index in [4.69, 9.17) is 9.47 Å². The van der Waals surface area contributed by atoms with Gasteiger partial charge in [0.15, 0.2) is 0 Å². The van der Waals surface area contributed by atoms with Gasteiger partial charge in [-0.05, 0) is 12.5 Å². The Morgan fingerprint density at radius 3 is 2.80 bits per heavy atom. The molecular weight excluding hydrogens is 322 g/mol. The predicted molar refractivity (Wildman–Crippen MR) is 92.3 cm³/mol. The van der Waals surface area contributed by atoms with Gasteiger partial charge in [-0.3, -0.25) is 10.00 Å². The Morgan fingerprint density at radius 1 is 1.36 bits per heavy atom. The van der Waals surface area contributed by atoms with Crippen LogP contribution in [0, 0.1) is 0 Å². The van der Waals surface area contributed by atoms with Crippen LogP contribution in [0.5, 0.6) is 11.5 Å². The smallest absolute Gasteiger partial charge is 0.336 e. The number of carboxylic acid groups (broad SMARTS) is 1. The molecule has 0 fully saturated rings. The van der Waals surface area contributed by atoms with E-state index in [0.717, 1.165) is 31.6 Å². The van der Waals surface area contributed by atoms with Gasteiger partial charge in [0.1, 0.15) is 11.5 Å². The van der Waals surface area contributed by atoms with Crippen LogP contribution in [0.25, 0.3) is 0 Å². The van der Waals surface area contributed by atoms with E-state index in [1.165, 1.54) is 18.4 Å². The molecule has 0 atom stereocenters. The summed E-state index contributed by atoms with van der Waals surface area (Å²) in [5.41, 5.74) is 4.39. The third-order valence-electron chi connectivity index (χ3n) is 4.68. The van der Waals surface area contributed by atoms with Gasteiger partial charge >= 0.3 is 5.97 Å². The molecular formula is C18H23N3O4. The van der Waals surface area contributed by atoms with Gasteiger partial charge in [-0.15, -0.1) is 0 Å². The summed E-state index contributed by atoms with van der Waals surface area (Å²) in [5, 5.41) is 17.1. The minimum atomic E-state index is -0.984. The van der Waals surface area contributed by atoms with Crippen molar-refractivity contribution >= 4 is 5.97 Å². The topological polar surface area (TPSA) is 87.7 Å². The molecule has 2 N–H and O–H groups in total. The summed E-state index contributed by atoms with van der Waals surface area (Å²) in [6.07, 6.45) is 1.76. The number of hydrogen-bond donors (Lipinski definition) is 2. The molecule has 0 bridgehead atoms. The highest BCUT2D eigenvalue weighted by atomic mass is 16.5. The molecule has 1 aromatic carbocycles. The normalized spacial score (nSPS) is 14.2. The largest absolute Gasteiger partial charge is 0.497 e. The summed E-state index contributed by atoms with van der Waals surface area (Å²) < 4.78 is 10.6. The number of fused-ring (bicyclic) bond motifs is 1. The van der Waals surface area contributed by atoms with Crippen molar-refractivity contribution in [2.45, 2.75) is 32.9 Å². The molecule has 0 aliphatic carbocycles. The van der Waals surface area contributed by atoms with Gasteiger partial charge in [0, 0.05) is 48.9 Å². The molecule has 134 valence electrons. The average molecular weight is 345 g/mol. The molecule has 0 radical (unpaired) electrons. The molecule has 0 saturated heterocycles. The molecule has 7 heteroatoms. The zero-order valence-electron chi connectivity index (χ0n) is 14.8. The number of aromatic nitrogens is 2. The van der Waals surface area contributed by atoms with Crippen molar-refractivity contribution in [1.82, 2.24) is 15.1 Å². The van der Waals surface area contributed by atoms with Crippen molar-refractivity contribution in [3.8, 4) is 11.5 Å². The summed E-state index contributed by atoms with van der Waals surface area (Å²) in [6.45, 7) is 4.18. The number of nitrogens with one attached hydrogen (secondary N) is 1. The second kappa shape index (κ2) is 7.14. The highest BCUT2D eigenvalue weighted by Gasteiger charge is 2.25. The van der Waals surface area contributed by atoms with Crippen LogP contribution >= 0.6 is 0 Å². The molecule has 0 spiro atoms. The first-order chi connectivity index (χ1) is 12.1. The zero-order chi connectivity index (χ0) is 18.0. The van der Waals surface area contributed by atoms with Crippen LogP contribution in [0.1, 0.15) is 39.8 Å². The average Bonchev–Trinajstić information content (AvgIpc) is 3.03. The Bertz CT molecular complexity index is 771. The van der Waals surface area contributed by atoms with Crippen molar-refractivity contribution in [3.05, 3.63) is 40.2 Å². The first-order valence-corrected chi connectivity index (χ1v) is 8.32. The quantitative estimate of drug-likeness (QED) is 0.835. The van der Waals surface area contributed by atoms with Crippen molar-refractivity contribution in [2.75, 3.05) is 20.8 Å². The van der Waals surface area contributed by atoms with E-state index in [9.17, 15) is 9.90 Å². The Labute approximate surface area is 146 Å². The predicted octanol–water partition coefficient (Wildman–Crippen LogP) is 2.25. The number of carbonyl (C=O) groups is 1. The van der Waals surface area contributed by atoms with Crippen molar-refractivity contribution in [1.29, 1.82) is 0 Å². The second-order valence-electron chi connectivity index (χ2n) is 6.10. The first kappa shape index (κ1) is 17.3. The maximum Gasteiger partial charge on any atom is 0.336 e. The summed E-state index contributed by atoms with van der Waals surface area (Å²) >= 11 is 0. The second-order valence-corrected chi connectivity index (χ2v) is 6.10. The third kappa shape index (κ3) is 3.32. The van der Waals surface area contributed by atoms with Crippen molar-refractivity contribution < 1.29 is 19.4 Å². The molecule has 0 unspecified atom stereocenters. The Morgan fingerprint density at radius 2 is 2.16 bits per heavy atom. The van der Waals surface area contributed by atoms with E-state index in [1.54, 1.807) is 19.2 Å². The minimum Gasteiger partial charge on any atom is -0.497 e. The molecule has 25 heavy (non-hydrogen) atoms. The van der Waals surface area contributed by atoms with E-state index < -0.39 is 5.97 Å². The maximum atomic E-state index is 11.7. The lowest BCUT2D eigenvalue weighted by Gasteiger charge is -2.28. The number of aromatic carboxylic acids is 1. The number of carboxylic acids is 1. The standard InChI is InChI=1S/C18H23N3O4/c1-4-15-14-10-21(6-5-16(14)20-19-15)9-13-12(18(22)23)7-11(24-2)8-17(13)25-3/h7-8H,4-6,9-10H2,1-3H3,(H,19,20)(H,22,23). The van der Waals surface area contributed by atoms with Gasteiger partial charge in [-0.1, -0.05) is 6.92 Å². The number of rotatable bonds is 6. The van der Waals surface area contributed by atoms with Gasteiger partial charge < -0.3 is 14.6 Å². The SMILES string of the molecule is CCc1n[nH]c2c1CN(Cc1c(OC)cc(OC)cc1C(=O)O)CC2. The summed E-state index contributed by atoms with van der Waals surface area (Å²) in [7, 11) is 3.06. The van der Waals surface area contributed by atoms with Crippen LogP contribution in [-0.4, -0.2) is 46.9 Å². The molecule has 2 heterocycles. The van der Waals surface area contributed by atoms with E-state index in [-0.39, 0.29) is 5.56 Å². The van der Waals surface area contributed by atoms with Crippen LogP contribution in [0.2, 0.25) is 0 Å². The molecule has 1 aromatic heterocycles. The lowest BCUT2D eigenvalue weighted by Crippen LogP contribution is -2.31. The minimum absolute atomic E-state index is 0.213. The van der Waals surface area contributed by atoms with Crippen LogP contribution in [0.4, 0.5) is 0 Å². The zero-order valence-corrected chi connectivity index (χ0v) is 14.8. The van der Waals surface area contributed by atoms with Crippen LogP contribution in [0.15, 0.2) is 12.1 Å². The highest BCUT2D eigenvalue weighted by molar-refractivity contribution is 5.91. The van der Waals surface area contributed by atoms with E-state index >= 15 is 0 Å². The highest BCUT2D eigenvalue weighted by Crippen LogP contribution is 2.31. The van der Waals surface area contributed by atoms with Gasteiger partial charge in [0.05, 0.1) is 25.5 Å². The van der Waals surface area contributed by atoms with Gasteiger partial charge in [-0.25, -0.2) is 4.79 Å².